The zero-order chi connectivity index (χ0) is 14.1. The number of carbonyl (C=O) groups excluding carboxylic acids is 1. The van der Waals surface area contributed by atoms with E-state index in [2.05, 4.69) is 30.6 Å². The maximum Gasteiger partial charge on any atom is 0.204 e. The van der Waals surface area contributed by atoms with Crippen molar-refractivity contribution >= 4 is 17.3 Å². The summed E-state index contributed by atoms with van der Waals surface area (Å²) in [6.07, 6.45) is 8.48. The zero-order valence-corrected chi connectivity index (χ0v) is 11.6. The molecule has 0 bridgehead atoms. The molecule has 0 saturated carbocycles. The molecule has 0 aliphatic heterocycles. The van der Waals surface area contributed by atoms with E-state index in [0.29, 0.717) is 0 Å². The van der Waals surface area contributed by atoms with Gasteiger partial charge < -0.3 is 5.73 Å². The van der Waals surface area contributed by atoms with Gasteiger partial charge in [-0.25, -0.2) is 0 Å². The molecule has 2 aromatic heterocycles. The van der Waals surface area contributed by atoms with Crippen LogP contribution in [-0.2, 0) is 17.6 Å². The van der Waals surface area contributed by atoms with Gasteiger partial charge in [-0.3, -0.25) is 14.8 Å². The number of rotatable bonds is 4. The predicted octanol–water partition coefficient (Wildman–Crippen LogP) is 2.64. The molecule has 0 fully saturated rings. The van der Waals surface area contributed by atoms with Crippen LogP contribution in [0.15, 0.2) is 24.5 Å². The Morgan fingerprint density at radius 1 is 1.26 bits per heavy atom. The summed E-state index contributed by atoms with van der Waals surface area (Å²) in [5.74, 6) is 0. The SMILES string of the molecule is CCCc1cc2cnccc2nc1CCC.NC=O. The molecule has 0 atom stereocenters. The minimum Gasteiger partial charge on any atom is -0.372 e. The Hall–Kier alpha value is -1.97. The van der Waals surface area contributed by atoms with Crippen LogP contribution in [0.3, 0.4) is 0 Å². The van der Waals surface area contributed by atoms with Gasteiger partial charge in [-0.1, -0.05) is 26.7 Å². The Bertz CT molecular complexity index is 481. The number of fused-ring (bicyclic) bond motifs is 1. The summed E-state index contributed by atoms with van der Waals surface area (Å²) in [6.45, 7) is 4.41. The van der Waals surface area contributed by atoms with Crippen molar-refractivity contribution < 1.29 is 4.79 Å². The Balaban J connectivity index is 0.000000550. The molecule has 0 aliphatic rings. The second-order valence-corrected chi connectivity index (χ2v) is 4.30. The smallest absolute Gasteiger partial charge is 0.204 e. The number of aromatic nitrogens is 2. The van der Waals surface area contributed by atoms with Gasteiger partial charge in [-0.05, 0) is 30.5 Å². The van der Waals surface area contributed by atoms with Crippen LogP contribution in [0, 0.1) is 0 Å². The lowest BCUT2D eigenvalue weighted by Gasteiger charge is -2.08. The van der Waals surface area contributed by atoms with Gasteiger partial charge in [-0.15, -0.1) is 0 Å². The summed E-state index contributed by atoms with van der Waals surface area (Å²) in [5.41, 5.74) is 7.89. The molecule has 0 unspecified atom stereocenters. The fourth-order valence-electron chi connectivity index (χ4n) is 2.04. The van der Waals surface area contributed by atoms with Crippen LogP contribution in [0.25, 0.3) is 10.9 Å². The summed E-state index contributed by atoms with van der Waals surface area (Å²) >= 11 is 0. The van der Waals surface area contributed by atoms with Crippen LogP contribution in [0.5, 0.6) is 0 Å². The average Bonchev–Trinajstić information content (AvgIpc) is 2.41. The van der Waals surface area contributed by atoms with Gasteiger partial charge in [0.05, 0.1) is 5.52 Å². The van der Waals surface area contributed by atoms with Gasteiger partial charge in [-0.2, -0.15) is 0 Å². The number of hydrogen-bond donors (Lipinski definition) is 1. The van der Waals surface area contributed by atoms with Crippen LogP contribution in [0.1, 0.15) is 37.9 Å². The molecule has 4 nitrogen and oxygen atoms in total. The molecule has 0 aliphatic carbocycles. The van der Waals surface area contributed by atoms with Crippen LogP contribution in [0.4, 0.5) is 0 Å². The normalized spacial score (nSPS) is 9.79. The highest BCUT2D eigenvalue weighted by Gasteiger charge is 2.05. The molecule has 19 heavy (non-hydrogen) atoms. The van der Waals surface area contributed by atoms with E-state index in [1.54, 1.807) is 0 Å². The standard InChI is InChI=1S/C14H18N2.CH3NO/c1-3-5-11-9-12-10-15-8-7-14(12)16-13(11)6-4-2;2-1-3/h7-10H,3-6H2,1-2H3;1H,(H2,2,3). The van der Waals surface area contributed by atoms with Crippen LogP contribution in [0.2, 0.25) is 0 Å². The van der Waals surface area contributed by atoms with E-state index in [4.69, 9.17) is 9.78 Å². The topological polar surface area (TPSA) is 68.9 Å². The third-order valence-corrected chi connectivity index (χ3v) is 2.79. The van der Waals surface area contributed by atoms with E-state index in [1.807, 2.05) is 18.5 Å². The van der Waals surface area contributed by atoms with Crippen molar-refractivity contribution in [1.29, 1.82) is 0 Å². The largest absolute Gasteiger partial charge is 0.372 e. The molecule has 0 radical (unpaired) electrons. The minimum absolute atomic E-state index is 0.250. The van der Waals surface area contributed by atoms with Gasteiger partial charge in [0.15, 0.2) is 0 Å². The van der Waals surface area contributed by atoms with Gasteiger partial charge in [0.1, 0.15) is 0 Å². The molecule has 0 aromatic carbocycles. The van der Waals surface area contributed by atoms with Gasteiger partial charge in [0, 0.05) is 23.5 Å². The number of amides is 1. The first-order valence-corrected chi connectivity index (χ1v) is 6.64. The van der Waals surface area contributed by atoms with E-state index in [1.165, 1.54) is 17.7 Å². The third kappa shape index (κ3) is 4.32. The van der Waals surface area contributed by atoms with E-state index >= 15 is 0 Å². The Kier molecular flexibility index (Phi) is 6.50. The number of nitrogens with zero attached hydrogens (tertiary/aromatic N) is 2. The number of primary amides is 1. The van der Waals surface area contributed by atoms with Crippen molar-refractivity contribution in [2.75, 3.05) is 0 Å². The summed E-state index contributed by atoms with van der Waals surface area (Å²) in [5, 5.41) is 1.16. The van der Waals surface area contributed by atoms with Crippen molar-refractivity contribution in [3.8, 4) is 0 Å². The second-order valence-electron chi connectivity index (χ2n) is 4.30. The minimum atomic E-state index is 0.250. The molecular weight excluding hydrogens is 238 g/mol. The van der Waals surface area contributed by atoms with E-state index < -0.39 is 0 Å². The number of hydrogen-bond acceptors (Lipinski definition) is 3. The molecule has 1 amide bonds. The Morgan fingerprint density at radius 2 is 1.95 bits per heavy atom. The first kappa shape index (κ1) is 15.1. The molecule has 2 aromatic rings. The molecule has 0 saturated heterocycles. The molecule has 2 N–H and O–H groups in total. The summed E-state index contributed by atoms with van der Waals surface area (Å²) in [6, 6.07) is 4.24. The van der Waals surface area contributed by atoms with Crippen LogP contribution < -0.4 is 5.73 Å². The van der Waals surface area contributed by atoms with Gasteiger partial charge in [0.2, 0.25) is 6.41 Å². The number of carbonyl (C=O) groups is 1. The Morgan fingerprint density at radius 3 is 2.58 bits per heavy atom. The predicted molar refractivity (Wildman–Crippen MR) is 77.8 cm³/mol. The summed E-state index contributed by atoms with van der Waals surface area (Å²) in [4.78, 5) is 17.5. The highest BCUT2D eigenvalue weighted by atomic mass is 16.1. The van der Waals surface area contributed by atoms with Crippen LogP contribution >= 0.6 is 0 Å². The maximum atomic E-state index is 8.58. The fraction of sp³-hybridized carbons (Fsp3) is 0.400. The van der Waals surface area contributed by atoms with Gasteiger partial charge >= 0.3 is 0 Å². The maximum absolute atomic E-state index is 8.58. The first-order valence-electron chi connectivity index (χ1n) is 6.64. The quantitative estimate of drug-likeness (QED) is 0.858. The van der Waals surface area contributed by atoms with Crippen molar-refractivity contribution in [3.05, 3.63) is 35.8 Å². The average molecular weight is 259 g/mol. The molecule has 2 rings (SSSR count). The van der Waals surface area contributed by atoms with Crippen molar-refractivity contribution in [2.24, 2.45) is 5.73 Å². The molecule has 102 valence electrons. The lowest BCUT2D eigenvalue weighted by Crippen LogP contribution is -1.98. The van der Waals surface area contributed by atoms with Crippen molar-refractivity contribution in [3.63, 3.8) is 0 Å². The Labute approximate surface area is 114 Å². The van der Waals surface area contributed by atoms with Gasteiger partial charge in [0.25, 0.3) is 0 Å². The van der Waals surface area contributed by atoms with E-state index in [-0.39, 0.29) is 6.41 Å². The molecular formula is C15H21N3O. The lowest BCUT2D eigenvalue weighted by atomic mass is 10.0. The third-order valence-electron chi connectivity index (χ3n) is 2.79. The second kappa shape index (κ2) is 8.19. The molecule has 2 heterocycles. The zero-order valence-electron chi connectivity index (χ0n) is 11.6. The monoisotopic (exact) mass is 259 g/mol. The highest BCUT2D eigenvalue weighted by Crippen LogP contribution is 2.18. The fourth-order valence-corrected chi connectivity index (χ4v) is 2.04. The van der Waals surface area contributed by atoms with E-state index in [0.717, 1.165) is 30.2 Å². The summed E-state index contributed by atoms with van der Waals surface area (Å²) < 4.78 is 0. The number of aryl methyl sites for hydroxylation is 2. The van der Waals surface area contributed by atoms with Crippen LogP contribution in [-0.4, -0.2) is 16.4 Å². The summed E-state index contributed by atoms with van der Waals surface area (Å²) in [7, 11) is 0. The molecule has 0 spiro atoms. The number of nitrogens with two attached hydrogens (primary N) is 1. The molecule has 4 heteroatoms. The lowest BCUT2D eigenvalue weighted by molar-refractivity contribution is -0.106. The van der Waals surface area contributed by atoms with E-state index in [9.17, 15) is 0 Å². The van der Waals surface area contributed by atoms with Crippen molar-refractivity contribution in [2.45, 2.75) is 39.5 Å². The number of pyridine rings is 2. The highest BCUT2D eigenvalue weighted by molar-refractivity contribution is 5.78. The van der Waals surface area contributed by atoms with Crippen molar-refractivity contribution in [1.82, 2.24) is 9.97 Å². The first-order chi connectivity index (χ1) is 9.26.